The van der Waals surface area contributed by atoms with Crippen LogP contribution in [0.2, 0.25) is 0 Å². The molecule has 2 aromatic carbocycles. The maximum Gasteiger partial charge on any atom is 0.260 e. The predicted molar refractivity (Wildman–Crippen MR) is 106 cm³/mol. The molecule has 0 aromatic heterocycles. The van der Waals surface area contributed by atoms with Gasteiger partial charge < -0.3 is 19.3 Å². The van der Waals surface area contributed by atoms with Gasteiger partial charge in [-0.25, -0.2) is 0 Å². The first-order chi connectivity index (χ1) is 13.7. The molecule has 1 aliphatic heterocycles. The molecule has 0 radical (unpaired) electrons. The molecule has 1 heterocycles. The van der Waals surface area contributed by atoms with Crippen LogP contribution in [0.5, 0.6) is 11.5 Å². The fourth-order valence-electron chi connectivity index (χ4n) is 3.11. The molecule has 148 valence electrons. The Hall–Kier alpha value is -3.02. The molecule has 1 fully saturated rings. The minimum atomic E-state index is -0.0533. The fraction of sp³-hybridized carbons (Fsp3) is 0.364. The maximum absolute atomic E-state index is 12.5. The fourth-order valence-corrected chi connectivity index (χ4v) is 3.11. The molecule has 1 aliphatic rings. The topological polar surface area (TPSA) is 59.1 Å². The van der Waals surface area contributed by atoms with Gasteiger partial charge in [0.15, 0.2) is 6.61 Å². The number of rotatable bonds is 7. The Morgan fingerprint density at radius 3 is 1.96 bits per heavy atom. The van der Waals surface area contributed by atoms with E-state index >= 15 is 0 Å². The van der Waals surface area contributed by atoms with Crippen molar-refractivity contribution in [3.05, 3.63) is 60.2 Å². The lowest BCUT2D eigenvalue weighted by atomic mass is 10.1. The molecule has 6 heteroatoms. The van der Waals surface area contributed by atoms with Crippen molar-refractivity contribution in [1.82, 2.24) is 9.80 Å². The molecule has 1 saturated heterocycles. The van der Waals surface area contributed by atoms with E-state index in [2.05, 4.69) is 0 Å². The zero-order chi connectivity index (χ0) is 19.8. The highest BCUT2D eigenvalue weighted by atomic mass is 16.5. The van der Waals surface area contributed by atoms with E-state index in [1.54, 1.807) is 4.90 Å². The summed E-state index contributed by atoms with van der Waals surface area (Å²) in [7, 11) is 0. The smallest absolute Gasteiger partial charge is 0.260 e. The molecule has 0 bridgehead atoms. The van der Waals surface area contributed by atoms with Gasteiger partial charge in [0.05, 0.1) is 13.0 Å². The highest BCUT2D eigenvalue weighted by Crippen LogP contribution is 2.14. The van der Waals surface area contributed by atoms with E-state index in [0.717, 1.165) is 11.3 Å². The number of hydrogen-bond acceptors (Lipinski definition) is 4. The normalized spacial score (nSPS) is 13.9. The third-order valence-corrected chi connectivity index (χ3v) is 4.68. The number of carbonyl (C=O) groups is 2. The van der Waals surface area contributed by atoms with Gasteiger partial charge in [0.2, 0.25) is 5.91 Å². The van der Waals surface area contributed by atoms with Gasteiger partial charge in [0, 0.05) is 26.2 Å². The molecule has 2 aromatic rings. The van der Waals surface area contributed by atoms with Crippen molar-refractivity contribution in [3.63, 3.8) is 0 Å². The van der Waals surface area contributed by atoms with Gasteiger partial charge in [-0.1, -0.05) is 30.3 Å². The molecule has 6 nitrogen and oxygen atoms in total. The number of carbonyl (C=O) groups excluding carboxylic acids is 2. The van der Waals surface area contributed by atoms with Crippen molar-refractivity contribution >= 4 is 11.8 Å². The SMILES string of the molecule is CCOc1ccc(CC(=O)N2CCN(C(=O)COc3ccccc3)CC2)cc1. The van der Waals surface area contributed by atoms with Gasteiger partial charge in [0.25, 0.3) is 5.91 Å². The Balaban J connectivity index is 1.42. The van der Waals surface area contributed by atoms with E-state index in [1.165, 1.54) is 0 Å². The van der Waals surface area contributed by atoms with Crippen LogP contribution in [0, 0.1) is 0 Å². The highest BCUT2D eigenvalue weighted by Gasteiger charge is 2.24. The molecule has 0 aliphatic carbocycles. The van der Waals surface area contributed by atoms with Crippen molar-refractivity contribution < 1.29 is 19.1 Å². The zero-order valence-corrected chi connectivity index (χ0v) is 16.2. The van der Waals surface area contributed by atoms with E-state index in [1.807, 2.05) is 66.4 Å². The van der Waals surface area contributed by atoms with E-state index in [0.29, 0.717) is 45.0 Å². The van der Waals surface area contributed by atoms with Crippen LogP contribution < -0.4 is 9.47 Å². The van der Waals surface area contributed by atoms with Gasteiger partial charge in [-0.3, -0.25) is 9.59 Å². The standard InChI is InChI=1S/C22H26N2O4/c1-2-27-20-10-8-18(9-11-20)16-21(25)23-12-14-24(15-13-23)22(26)17-28-19-6-4-3-5-7-19/h3-11H,2,12-17H2,1H3. The molecule has 3 rings (SSSR count). The Kier molecular flexibility index (Phi) is 6.89. The van der Waals surface area contributed by atoms with E-state index in [4.69, 9.17) is 9.47 Å². The second kappa shape index (κ2) is 9.78. The maximum atomic E-state index is 12.5. The largest absolute Gasteiger partial charge is 0.494 e. The quantitative estimate of drug-likeness (QED) is 0.738. The molecular weight excluding hydrogens is 356 g/mol. The Bertz CT molecular complexity index is 769. The summed E-state index contributed by atoms with van der Waals surface area (Å²) in [4.78, 5) is 28.4. The lowest BCUT2D eigenvalue weighted by molar-refractivity contribution is -0.140. The number of para-hydroxylation sites is 1. The molecular formula is C22H26N2O4. The van der Waals surface area contributed by atoms with Crippen LogP contribution in [0.1, 0.15) is 12.5 Å². The molecule has 0 spiro atoms. The second-order valence-corrected chi connectivity index (χ2v) is 6.62. The van der Waals surface area contributed by atoms with Crippen LogP contribution in [0.3, 0.4) is 0 Å². The van der Waals surface area contributed by atoms with Crippen LogP contribution in [-0.2, 0) is 16.0 Å². The first-order valence-electron chi connectivity index (χ1n) is 9.61. The van der Waals surface area contributed by atoms with Gasteiger partial charge >= 0.3 is 0 Å². The molecule has 2 amide bonds. The third-order valence-electron chi connectivity index (χ3n) is 4.68. The molecule has 28 heavy (non-hydrogen) atoms. The average Bonchev–Trinajstić information content (AvgIpc) is 2.74. The van der Waals surface area contributed by atoms with Gasteiger partial charge in [-0.15, -0.1) is 0 Å². The Labute approximate surface area is 165 Å². The number of hydrogen-bond donors (Lipinski definition) is 0. The van der Waals surface area contributed by atoms with Crippen LogP contribution in [0.4, 0.5) is 0 Å². The summed E-state index contributed by atoms with van der Waals surface area (Å²) >= 11 is 0. The van der Waals surface area contributed by atoms with Crippen molar-refractivity contribution in [1.29, 1.82) is 0 Å². The summed E-state index contributed by atoms with van der Waals surface area (Å²) < 4.78 is 10.9. The first-order valence-corrected chi connectivity index (χ1v) is 9.61. The summed E-state index contributed by atoms with van der Waals surface area (Å²) in [6.07, 6.45) is 0.359. The molecule has 0 atom stereocenters. The average molecular weight is 382 g/mol. The van der Waals surface area contributed by atoms with Gasteiger partial charge in [-0.2, -0.15) is 0 Å². The summed E-state index contributed by atoms with van der Waals surface area (Å²) in [5.74, 6) is 1.52. The Morgan fingerprint density at radius 1 is 0.786 bits per heavy atom. The van der Waals surface area contributed by atoms with Crippen molar-refractivity contribution in [2.24, 2.45) is 0 Å². The summed E-state index contributed by atoms with van der Waals surface area (Å²) in [5.41, 5.74) is 0.961. The number of nitrogens with zero attached hydrogens (tertiary/aromatic N) is 2. The van der Waals surface area contributed by atoms with Gasteiger partial charge in [-0.05, 0) is 36.8 Å². The number of amides is 2. The molecule has 0 unspecified atom stereocenters. The van der Waals surface area contributed by atoms with E-state index < -0.39 is 0 Å². The Morgan fingerprint density at radius 2 is 1.36 bits per heavy atom. The van der Waals surface area contributed by atoms with Crippen molar-refractivity contribution in [2.75, 3.05) is 39.4 Å². The minimum absolute atomic E-state index is 0.0180. The summed E-state index contributed by atoms with van der Waals surface area (Å²) in [6.45, 7) is 4.75. The van der Waals surface area contributed by atoms with Crippen molar-refractivity contribution in [3.8, 4) is 11.5 Å². The lowest BCUT2D eigenvalue weighted by Gasteiger charge is -2.34. The minimum Gasteiger partial charge on any atom is -0.494 e. The number of ether oxygens (including phenoxy) is 2. The second-order valence-electron chi connectivity index (χ2n) is 6.62. The summed E-state index contributed by atoms with van der Waals surface area (Å²) in [5, 5.41) is 0. The molecule has 0 saturated carbocycles. The third kappa shape index (κ3) is 5.49. The van der Waals surface area contributed by atoms with Crippen LogP contribution in [0.25, 0.3) is 0 Å². The van der Waals surface area contributed by atoms with Crippen LogP contribution in [0.15, 0.2) is 54.6 Å². The monoisotopic (exact) mass is 382 g/mol. The zero-order valence-electron chi connectivity index (χ0n) is 16.2. The van der Waals surface area contributed by atoms with E-state index in [9.17, 15) is 9.59 Å². The molecule has 0 N–H and O–H groups in total. The number of benzene rings is 2. The summed E-state index contributed by atoms with van der Waals surface area (Å²) in [6, 6.07) is 16.9. The predicted octanol–water partition coefficient (Wildman–Crippen LogP) is 2.38. The van der Waals surface area contributed by atoms with Gasteiger partial charge in [0.1, 0.15) is 11.5 Å². The number of piperazine rings is 1. The first kappa shape index (κ1) is 19.7. The van der Waals surface area contributed by atoms with Crippen molar-refractivity contribution in [2.45, 2.75) is 13.3 Å². The lowest BCUT2D eigenvalue weighted by Crippen LogP contribution is -2.52. The van der Waals surface area contributed by atoms with Crippen LogP contribution >= 0.6 is 0 Å². The van der Waals surface area contributed by atoms with E-state index in [-0.39, 0.29) is 18.4 Å². The van der Waals surface area contributed by atoms with Crippen LogP contribution in [-0.4, -0.2) is 61.0 Å². The highest BCUT2D eigenvalue weighted by molar-refractivity contribution is 5.80.